The van der Waals surface area contributed by atoms with Crippen LogP contribution in [-0.2, 0) is 6.42 Å². The summed E-state index contributed by atoms with van der Waals surface area (Å²) in [5.41, 5.74) is 2.86. The van der Waals surface area contributed by atoms with Crippen LogP contribution in [0.1, 0.15) is 17.5 Å². The van der Waals surface area contributed by atoms with Crippen LogP contribution in [0.5, 0.6) is 0 Å². The molecular weight excluding hydrogens is 192 g/mol. The highest BCUT2D eigenvalue weighted by Crippen LogP contribution is 2.24. The van der Waals surface area contributed by atoms with E-state index in [0.717, 1.165) is 12.8 Å². The summed E-state index contributed by atoms with van der Waals surface area (Å²) in [6, 6.07) is 9.31. The van der Waals surface area contributed by atoms with E-state index >= 15 is 0 Å². The van der Waals surface area contributed by atoms with Crippen molar-refractivity contribution < 1.29 is 0 Å². The van der Waals surface area contributed by atoms with E-state index in [9.17, 15) is 0 Å². The third-order valence-corrected chi connectivity index (χ3v) is 3.61. The predicted octanol–water partition coefficient (Wildman–Crippen LogP) is 2.37. The van der Waals surface area contributed by atoms with Gasteiger partial charge in [0.25, 0.3) is 0 Å². The van der Waals surface area contributed by atoms with Crippen LogP contribution in [0, 0.1) is 0 Å². The molecule has 0 spiro atoms. The second kappa shape index (κ2) is 2.85. The van der Waals surface area contributed by atoms with Crippen LogP contribution in [0.2, 0.25) is 0 Å². The monoisotopic (exact) mass is 204 g/mol. The van der Waals surface area contributed by atoms with Crippen molar-refractivity contribution in [1.29, 1.82) is 0 Å². The lowest BCUT2D eigenvalue weighted by Gasteiger charge is -2.03. The lowest BCUT2D eigenvalue weighted by atomic mass is 10.0. The second-order valence-electron chi connectivity index (χ2n) is 4.63. The Labute approximate surface area is 94.2 Å². The summed E-state index contributed by atoms with van der Waals surface area (Å²) in [5.74, 6) is 0. The van der Waals surface area contributed by atoms with Gasteiger partial charge < -0.3 is 0 Å². The van der Waals surface area contributed by atoms with E-state index < -0.39 is 0 Å². The quantitative estimate of drug-likeness (QED) is 0.618. The fourth-order valence-corrected chi connectivity index (χ4v) is 2.76. The Kier molecular flexibility index (Phi) is 1.49. The third kappa shape index (κ3) is 1.04. The van der Waals surface area contributed by atoms with Crippen molar-refractivity contribution in [3.63, 3.8) is 0 Å². The van der Waals surface area contributed by atoms with Crippen molar-refractivity contribution in [2.45, 2.75) is 12.8 Å². The number of allylic oxidation sites excluding steroid dienone is 1. The van der Waals surface area contributed by atoms with Gasteiger partial charge in [-0.3, -0.25) is 0 Å². The standard InChI is InChI=1S/C16H12/c1-3-11-7-15-9-13-5-2-6-14(13)10-16(15)8-12(11)4-1/h1,3,5-10H,2,4H2. The van der Waals surface area contributed by atoms with Crippen LogP contribution in [-0.4, -0.2) is 0 Å². The maximum Gasteiger partial charge on any atom is -0.00880 e. The Hall–Kier alpha value is -1.82. The minimum absolute atomic E-state index is 1.09. The maximum atomic E-state index is 2.34. The molecular formula is C16H12. The molecule has 2 aromatic rings. The zero-order chi connectivity index (χ0) is 10.5. The molecule has 0 N–H and O–H groups in total. The number of hydrogen-bond donors (Lipinski definition) is 0. The first-order valence-electron chi connectivity index (χ1n) is 5.84. The number of hydrogen-bond acceptors (Lipinski definition) is 0. The van der Waals surface area contributed by atoms with Crippen molar-refractivity contribution in [3.05, 3.63) is 51.9 Å². The molecule has 0 saturated heterocycles. The van der Waals surface area contributed by atoms with Gasteiger partial charge in [-0.25, -0.2) is 0 Å². The molecule has 0 amide bonds. The van der Waals surface area contributed by atoms with Crippen LogP contribution in [0.25, 0.3) is 29.0 Å². The molecule has 2 aliphatic rings. The lowest BCUT2D eigenvalue weighted by Crippen LogP contribution is -2.20. The summed E-state index contributed by atoms with van der Waals surface area (Å²) < 4.78 is 0. The zero-order valence-electron chi connectivity index (χ0n) is 9.03. The van der Waals surface area contributed by atoms with Crippen molar-refractivity contribution in [1.82, 2.24) is 0 Å². The smallest absolute Gasteiger partial charge is 0.00880 e. The molecule has 0 unspecified atom stereocenters. The van der Waals surface area contributed by atoms with Gasteiger partial charge >= 0.3 is 0 Å². The number of rotatable bonds is 0. The van der Waals surface area contributed by atoms with Crippen LogP contribution >= 0.6 is 0 Å². The van der Waals surface area contributed by atoms with Gasteiger partial charge in [-0.1, -0.05) is 30.4 Å². The molecule has 0 bridgehead atoms. The Morgan fingerprint density at radius 2 is 1.56 bits per heavy atom. The summed E-state index contributed by atoms with van der Waals surface area (Å²) >= 11 is 0. The molecule has 0 aliphatic heterocycles. The van der Waals surface area contributed by atoms with E-state index in [2.05, 4.69) is 48.6 Å². The first-order valence-corrected chi connectivity index (χ1v) is 5.84. The summed E-state index contributed by atoms with van der Waals surface area (Å²) in [6.45, 7) is 0. The van der Waals surface area contributed by atoms with Crippen LogP contribution in [0.15, 0.2) is 30.3 Å². The fourth-order valence-electron chi connectivity index (χ4n) is 2.76. The minimum Gasteiger partial charge on any atom is -0.0795 e. The normalized spacial score (nSPS) is 15.8. The predicted molar refractivity (Wildman–Crippen MR) is 69.5 cm³/mol. The van der Waals surface area contributed by atoms with Gasteiger partial charge in [-0.2, -0.15) is 0 Å². The summed E-state index contributed by atoms with van der Waals surface area (Å²) in [5, 5.41) is 5.55. The molecule has 0 saturated carbocycles. The van der Waals surface area contributed by atoms with Crippen LogP contribution in [0.3, 0.4) is 0 Å². The summed E-state index contributed by atoms with van der Waals surface area (Å²) in [7, 11) is 0. The molecule has 0 aromatic heterocycles. The average molecular weight is 204 g/mol. The van der Waals surface area contributed by atoms with Crippen LogP contribution < -0.4 is 10.4 Å². The van der Waals surface area contributed by atoms with Gasteiger partial charge in [0.2, 0.25) is 0 Å². The van der Waals surface area contributed by atoms with Crippen molar-refractivity contribution >= 4 is 29.0 Å². The Morgan fingerprint density at radius 1 is 0.812 bits per heavy atom. The highest BCUT2D eigenvalue weighted by molar-refractivity contribution is 5.87. The van der Waals surface area contributed by atoms with Gasteiger partial charge in [-0.05, 0) is 63.4 Å². The van der Waals surface area contributed by atoms with Crippen molar-refractivity contribution in [2.75, 3.05) is 0 Å². The van der Waals surface area contributed by atoms with Gasteiger partial charge in [-0.15, -0.1) is 0 Å². The molecule has 4 rings (SSSR count). The molecule has 0 nitrogen and oxygen atoms in total. The average Bonchev–Trinajstić information content (AvgIpc) is 2.89. The van der Waals surface area contributed by atoms with Gasteiger partial charge in [0, 0.05) is 0 Å². The molecule has 76 valence electrons. The molecule has 0 fully saturated rings. The van der Waals surface area contributed by atoms with E-state index in [1.54, 1.807) is 0 Å². The van der Waals surface area contributed by atoms with Gasteiger partial charge in [0.1, 0.15) is 0 Å². The Bertz CT molecular complexity index is 746. The molecule has 0 heteroatoms. The zero-order valence-corrected chi connectivity index (χ0v) is 9.03. The minimum atomic E-state index is 1.09. The molecule has 2 aliphatic carbocycles. The largest absolute Gasteiger partial charge is 0.0795 e. The third-order valence-electron chi connectivity index (χ3n) is 3.61. The van der Waals surface area contributed by atoms with Crippen molar-refractivity contribution in [3.8, 4) is 0 Å². The van der Waals surface area contributed by atoms with E-state index in [4.69, 9.17) is 0 Å². The van der Waals surface area contributed by atoms with Gasteiger partial charge in [0.15, 0.2) is 0 Å². The van der Waals surface area contributed by atoms with E-state index in [1.807, 2.05) is 0 Å². The summed E-state index contributed by atoms with van der Waals surface area (Å²) in [6.07, 6.45) is 11.3. The second-order valence-corrected chi connectivity index (χ2v) is 4.63. The summed E-state index contributed by atoms with van der Waals surface area (Å²) in [4.78, 5) is 0. The first-order chi connectivity index (χ1) is 7.90. The first kappa shape index (κ1) is 8.35. The lowest BCUT2D eigenvalue weighted by molar-refractivity contribution is 1.32. The number of fused-ring (bicyclic) bond motifs is 3. The SMILES string of the molecule is C1=Cc2cc3cc4c(cc3cc2C1)=CCC=4. The van der Waals surface area contributed by atoms with E-state index in [1.165, 1.54) is 32.3 Å². The fraction of sp³-hybridized carbons (Fsp3) is 0.125. The molecule has 0 heterocycles. The Morgan fingerprint density at radius 3 is 2.38 bits per heavy atom. The molecule has 0 radical (unpaired) electrons. The maximum absolute atomic E-state index is 2.34. The van der Waals surface area contributed by atoms with Crippen LogP contribution in [0.4, 0.5) is 0 Å². The molecule has 16 heavy (non-hydrogen) atoms. The number of benzene rings is 2. The highest BCUT2D eigenvalue weighted by atomic mass is 14.1. The van der Waals surface area contributed by atoms with Gasteiger partial charge in [0.05, 0.1) is 0 Å². The molecule has 0 atom stereocenters. The van der Waals surface area contributed by atoms with E-state index in [-0.39, 0.29) is 0 Å². The molecule has 2 aromatic carbocycles. The van der Waals surface area contributed by atoms with E-state index in [0.29, 0.717) is 0 Å². The highest BCUT2D eigenvalue weighted by Gasteiger charge is 2.07. The van der Waals surface area contributed by atoms with Crippen molar-refractivity contribution in [2.24, 2.45) is 0 Å². The topological polar surface area (TPSA) is 0 Å². The Balaban J connectivity index is 2.18.